The zero-order valence-electron chi connectivity index (χ0n) is 9.31. The van der Waals surface area contributed by atoms with Gasteiger partial charge < -0.3 is 15.8 Å². The summed E-state index contributed by atoms with van der Waals surface area (Å²) in [5.41, 5.74) is 8.68. The third-order valence-corrected chi connectivity index (χ3v) is 3.10. The second-order valence-electron chi connectivity index (χ2n) is 3.99. The average molecular weight is 260 g/mol. The lowest BCUT2D eigenvalue weighted by atomic mass is 10.2. The molecule has 0 saturated heterocycles. The lowest BCUT2D eigenvalue weighted by Gasteiger charge is -2.03. The predicted octanol–water partition coefficient (Wildman–Crippen LogP) is 3.17. The van der Waals surface area contributed by atoms with Crippen LogP contribution in [0.15, 0.2) is 36.4 Å². The van der Waals surface area contributed by atoms with E-state index in [1.54, 1.807) is 24.3 Å². The van der Waals surface area contributed by atoms with Gasteiger partial charge in [0.05, 0.1) is 21.7 Å². The summed E-state index contributed by atoms with van der Waals surface area (Å²) in [6.07, 6.45) is 0. The highest BCUT2D eigenvalue weighted by Crippen LogP contribution is 2.31. The molecule has 1 aromatic heterocycles. The van der Waals surface area contributed by atoms with E-state index in [2.05, 4.69) is 9.97 Å². The van der Waals surface area contributed by atoms with Gasteiger partial charge in [0.25, 0.3) is 0 Å². The van der Waals surface area contributed by atoms with E-state index in [1.165, 1.54) is 0 Å². The number of nitrogens with two attached hydrogens (primary N) is 1. The van der Waals surface area contributed by atoms with Crippen LogP contribution in [0.3, 0.4) is 0 Å². The van der Waals surface area contributed by atoms with Crippen molar-refractivity contribution in [3.05, 3.63) is 41.4 Å². The zero-order chi connectivity index (χ0) is 12.7. The van der Waals surface area contributed by atoms with Gasteiger partial charge in [0.15, 0.2) is 0 Å². The molecule has 0 radical (unpaired) electrons. The van der Waals surface area contributed by atoms with Crippen LogP contribution < -0.4 is 5.73 Å². The molecular weight excluding hydrogens is 250 g/mol. The number of hydrogen-bond donors (Lipinski definition) is 3. The van der Waals surface area contributed by atoms with Crippen LogP contribution in [0, 0.1) is 0 Å². The number of nitrogen functional groups attached to an aromatic ring is 1. The van der Waals surface area contributed by atoms with E-state index in [0.29, 0.717) is 16.5 Å². The molecule has 4 N–H and O–H groups in total. The number of benzene rings is 2. The molecule has 4 nitrogen and oxygen atoms in total. The van der Waals surface area contributed by atoms with E-state index < -0.39 is 0 Å². The number of aromatic nitrogens is 2. The number of aromatic amines is 1. The Balaban J connectivity index is 2.22. The Kier molecular flexibility index (Phi) is 2.38. The molecule has 3 aromatic rings. The molecular formula is C13H10ClN3O. The summed E-state index contributed by atoms with van der Waals surface area (Å²) in [6.45, 7) is 0. The van der Waals surface area contributed by atoms with E-state index in [9.17, 15) is 5.11 Å². The number of fused-ring (bicyclic) bond motifs is 1. The summed E-state index contributed by atoms with van der Waals surface area (Å²) in [5, 5.41) is 9.91. The van der Waals surface area contributed by atoms with Crippen molar-refractivity contribution < 1.29 is 5.11 Å². The number of phenols is 1. The number of halogens is 1. The maximum absolute atomic E-state index is 9.42. The number of anilines is 1. The summed E-state index contributed by atoms with van der Waals surface area (Å²) in [5.74, 6) is 0.826. The summed E-state index contributed by atoms with van der Waals surface area (Å²) >= 11 is 5.98. The maximum atomic E-state index is 9.42. The Bertz CT molecular complexity index is 736. The molecule has 0 fully saturated rings. The number of phenolic OH excluding ortho intramolecular Hbond substituents is 1. The monoisotopic (exact) mass is 259 g/mol. The number of hydrogen-bond acceptors (Lipinski definition) is 3. The van der Waals surface area contributed by atoms with Crippen molar-refractivity contribution in [2.24, 2.45) is 0 Å². The number of H-pyrrole nitrogens is 1. The van der Waals surface area contributed by atoms with Crippen molar-refractivity contribution in [3.8, 4) is 17.1 Å². The number of aromatic hydroxyl groups is 1. The molecule has 2 aromatic carbocycles. The molecule has 0 aliphatic heterocycles. The molecule has 5 heteroatoms. The van der Waals surface area contributed by atoms with Crippen LogP contribution in [0.1, 0.15) is 0 Å². The standard InChI is InChI=1S/C13H10ClN3O/c14-9-3-1-2-8(12(9)15)13-16-10-5-4-7(18)6-11(10)17-13/h1-6,18H,15H2,(H,16,17). The largest absolute Gasteiger partial charge is 0.508 e. The van der Waals surface area contributed by atoms with Crippen LogP contribution in [-0.2, 0) is 0 Å². The highest BCUT2D eigenvalue weighted by Gasteiger charge is 2.10. The highest BCUT2D eigenvalue weighted by molar-refractivity contribution is 6.33. The molecule has 90 valence electrons. The van der Waals surface area contributed by atoms with Gasteiger partial charge >= 0.3 is 0 Å². The Morgan fingerprint density at radius 1 is 1.22 bits per heavy atom. The molecule has 0 amide bonds. The van der Waals surface area contributed by atoms with Crippen molar-refractivity contribution in [2.75, 3.05) is 5.73 Å². The number of nitrogens with zero attached hydrogens (tertiary/aromatic N) is 1. The zero-order valence-corrected chi connectivity index (χ0v) is 10.1. The van der Waals surface area contributed by atoms with E-state index >= 15 is 0 Å². The van der Waals surface area contributed by atoms with Gasteiger partial charge in [0, 0.05) is 11.6 Å². The van der Waals surface area contributed by atoms with Gasteiger partial charge in [-0.05, 0) is 24.3 Å². The van der Waals surface area contributed by atoms with Crippen molar-refractivity contribution in [1.82, 2.24) is 9.97 Å². The van der Waals surface area contributed by atoms with Crippen LogP contribution in [0.5, 0.6) is 5.75 Å². The molecule has 0 spiro atoms. The third kappa shape index (κ3) is 1.67. The van der Waals surface area contributed by atoms with Crippen LogP contribution in [0.2, 0.25) is 5.02 Å². The quantitative estimate of drug-likeness (QED) is 0.588. The van der Waals surface area contributed by atoms with Crippen molar-refractivity contribution in [2.45, 2.75) is 0 Å². The van der Waals surface area contributed by atoms with Crippen molar-refractivity contribution in [1.29, 1.82) is 0 Å². The van der Waals surface area contributed by atoms with Crippen LogP contribution in [0.4, 0.5) is 5.69 Å². The molecule has 0 aliphatic carbocycles. The Morgan fingerprint density at radius 2 is 2.06 bits per heavy atom. The minimum atomic E-state index is 0.191. The van der Waals surface area contributed by atoms with Gasteiger partial charge in [-0.2, -0.15) is 0 Å². The first-order valence-electron chi connectivity index (χ1n) is 5.38. The summed E-state index contributed by atoms with van der Waals surface area (Å²) in [6, 6.07) is 10.3. The second kappa shape index (κ2) is 3.92. The number of imidazole rings is 1. The first kappa shape index (κ1) is 10.9. The molecule has 0 bridgehead atoms. The van der Waals surface area contributed by atoms with E-state index in [1.807, 2.05) is 12.1 Å². The third-order valence-electron chi connectivity index (χ3n) is 2.77. The van der Waals surface area contributed by atoms with Crippen molar-refractivity contribution >= 4 is 28.3 Å². The molecule has 3 rings (SSSR count). The van der Waals surface area contributed by atoms with Crippen LogP contribution in [-0.4, -0.2) is 15.1 Å². The van der Waals surface area contributed by atoms with Gasteiger partial charge in [-0.1, -0.05) is 17.7 Å². The first-order chi connectivity index (χ1) is 8.65. The van der Waals surface area contributed by atoms with Gasteiger partial charge in [-0.25, -0.2) is 4.98 Å². The van der Waals surface area contributed by atoms with Crippen LogP contribution in [0.25, 0.3) is 22.4 Å². The number of rotatable bonds is 1. The topological polar surface area (TPSA) is 74.9 Å². The van der Waals surface area contributed by atoms with Gasteiger partial charge in [0.1, 0.15) is 11.6 Å². The lowest BCUT2D eigenvalue weighted by Crippen LogP contribution is -1.92. The van der Waals surface area contributed by atoms with Gasteiger partial charge in [-0.15, -0.1) is 0 Å². The molecule has 0 aliphatic rings. The van der Waals surface area contributed by atoms with E-state index in [0.717, 1.165) is 16.6 Å². The van der Waals surface area contributed by atoms with Gasteiger partial charge in [-0.3, -0.25) is 0 Å². The SMILES string of the molecule is Nc1c(Cl)cccc1-c1nc2ccc(O)cc2[nH]1. The normalized spacial score (nSPS) is 10.9. The summed E-state index contributed by atoms with van der Waals surface area (Å²) < 4.78 is 0. The Hall–Kier alpha value is -2.20. The molecule has 1 heterocycles. The number of para-hydroxylation sites is 1. The number of nitrogens with one attached hydrogen (secondary N) is 1. The summed E-state index contributed by atoms with van der Waals surface area (Å²) in [4.78, 5) is 7.53. The minimum Gasteiger partial charge on any atom is -0.508 e. The molecule has 18 heavy (non-hydrogen) atoms. The van der Waals surface area contributed by atoms with E-state index in [4.69, 9.17) is 17.3 Å². The van der Waals surface area contributed by atoms with Gasteiger partial charge in [0.2, 0.25) is 0 Å². The minimum absolute atomic E-state index is 0.191. The average Bonchev–Trinajstić information content (AvgIpc) is 2.75. The fourth-order valence-corrected chi connectivity index (χ4v) is 2.04. The Morgan fingerprint density at radius 3 is 2.89 bits per heavy atom. The molecule has 0 atom stereocenters. The first-order valence-corrected chi connectivity index (χ1v) is 5.76. The van der Waals surface area contributed by atoms with E-state index in [-0.39, 0.29) is 5.75 Å². The second-order valence-corrected chi connectivity index (χ2v) is 4.40. The maximum Gasteiger partial charge on any atom is 0.140 e. The smallest absolute Gasteiger partial charge is 0.140 e. The fraction of sp³-hybridized carbons (Fsp3) is 0. The van der Waals surface area contributed by atoms with Crippen molar-refractivity contribution in [3.63, 3.8) is 0 Å². The fourth-order valence-electron chi connectivity index (χ4n) is 1.87. The highest BCUT2D eigenvalue weighted by atomic mass is 35.5. The molecule has 0 unspecified atom stereocenters. The summed E-state index contributed by atoms with van der Waals surface area (Å²) in [7, 11) is 0. The van der Waals surface area contributed by atoms with Crippen LogP contribution >= 0.6 is 11.6 Å². The molecule has 0 saturated carbocycles. The predicted molar refractivity (Wildman–Crippen MR) is 72.6 cm³/mol. The Labute approximate surface area is 108 Å². The lowest BCUT2D eigenvalue weighted by molar-refractivity contribution is 0.476.